The molecule has 0 spiro atoms. The minimum absolute atomic E-state index is 0.0948. The zero-order valence-corrected chi connectivity index (χ0v) is 12.0. The van der Waals surface area contributed by atoms with Gasteiger partial charge in [-0.15, -0.1) is 0 Å². The van der Waals surface area contributed by atoms with E-state index in [-0.39, 0.29) is 12.1 Å². The van der Waals surface area contributed by atoms with E-state index in [0.29, 0.717) is 5.92 Å². The highest BCUT2D eigenvalue weighted by molar-refractivity contribution is 5.65. The van der Waals surface area contributed by atoms with Crippen LogP contribution in [0.4, 0.5) is 0 Å². The van der Waals surface area contributed by atoms with Crippen molar-refractivity contribution in [1.82, 2.24) is 19.5 Å². The fraction of sp³-hybridized carbons (Fsp3) is 0.562. The standard InChI is InChI=1S/C16H20N4O/c21-15(11-4-2-1-3-5-11)6-13-16-12(7-17-9-19-16)14-8-18-10-20(13)14/h7-11,13,15,21H,1-6H2/t13-,15+/m1/s1. The molecule has 4 rings (SSSR count). The van der Waals surface area contributed by atoms with Gasteiger partial charge >= 0.3 is 0 Å². The maximum Gasteiger partial charge on any atom is 0.115 e. The second kappa shape index (κ2) is 5.22. The molecule has 2 aromatic rings. The molecule has 5 nitrogen and oxygen atoms in total. The summed E-state index contributed by atoms with van der Waals surface area (Å²) in [4.78, 5) is 12.8. The molecule has 21 heavy (non-hydrogen) atoms. The Morgan fingerprint density at radius 2 is 2.05 bits per heavy atom. The Morgan fingerprint density at radius 3 is 2.90 bits per heavy atom. The first-order valence-corrected chi connectivity index (χ1v) is 7.85. The molecule has 0 bridgehead atoms. The molecule has 5 heteroatoms. The highest BCUT2D eigenvalue weighted by Crippen LogP contribution is 2.41. The van der Waals surface area contributed by atoms with Crippen molar-refractivity contribution < 1.29 is 5.11 Å². The molecule has 2 aromatic heterocycles. The predicted octanol–water partition coefficient (Wildman–Crippen LogP) is 2.57. The van der Waals surface area contributed by atoms with Gasteiger partial charge in [0, 0.05) is 18.2 Å². The second-order valence-electron chi connectivity index (χ2n) is 6.22. The van der Waals surface area contributed by atoms with Crippen LogP contribution in [-0.4, -0.2) is 30.7 Å². The zero-order chi connectivity index (χ0) is 14.2. The molecule has 0 unspecified atom stereocenters. The first-order valence-electron chi connectivity index (χ1n) is 7.85. The fourth-order valence-corrected chi connectivity index (χ4v) is 3.86. The summed E-state index contributed by atoms with van der Waals surface area (Å²) in [5, 5.41) is 10.6. The Labute approximate surface area is 124 Å². The third-order valence-electron chi connectivity index (χ3n) is 5.00. The van der Waals surface area contributed by atoms with Gasteiger partial charge in [-0.3, -0.25) is 0 Å². The first kappa shape index (κ1) is 13.0. The van der Waals surface area contributed by atoms with E-state index in [1.807, 2.05) is 18.7 Å². The van der Waals surface area contributed by atoms with Crippen LogP contribution in [0.5, 0.6) is 0 Å². The van der Waals surface area contributed by atoms with Crippen molar-refractivity contribution in [3.05, 3.63) is 30.7 Å². The molecule has 2 atom stereocenters. The fourth-order valence-electron chi connectivity index (χ4n) is 3.86. The zero-order valence-electron chi connectivity index (χ0n) is 12.0. The summed E-state index contributed by atoms with van der Waals surface area (Å²) in [6, 6.07) is 0.0948. The van der Waals surface area contributed by atoms with Gasteiger partial charge in [-0.05, 0) is 18.8 Å². The van der Waals surface area contributed by atoms with Crippen LogP contribution in [0.15, 0.2) is 25.0 Å². The van der Waals surface area contributed by atoms with Crippen molar-refractivity contribution in [3.63, 3.8) is 0 Å². The molecule has 110 valence electrons. The first-order chi connectivity index (χ1) is 10.3. The molecule has 1 fully saturated rings. The molecule has 1 aliphatic carbocycles. The van der Waals surface area contributed by atoms with Crippen LogP contribution in [0, 0.1) is 5.92 Å². The third-order valence-corrected chi connectivity index (χ3v) is 5.00. The molecule has 0 radical (unpaired) electrons. The van der Waals surface area contributed by atoms with Crippen molar-refractivity contribution in [1.29, 1.82) is 0 Å². The Hall–Kier alpha value is -1.75. The molecule has 0 aromatic carbocycles. The summed E-state index contributed by atoms with van der Waals surface area (Å²) in [7, 11) is 0. The average molecular weight is 284 g/mol. The van der Waals surface area contributed by atoms with Crippen molar-refractivity contribution in [2.75, 3.05) is 0 Å². The van der Waals surface area contributed by atoms with Gasteiger partial charge in [0.05, 0.1) is 36.1 Å². The Balaban J connectivity index is 1.60. The number of aromatic nitrogens is 4. The summed E-state index contributed by atoms with van der Waals surface area (Å²) in [6.45, 7) is 0. The van der Waals surface area contributed by atoms with Crippen LogP contribution in [0.2, 0.25) is 0 Å². The van der Waals surface area contributed by atoms with Gasteiger partial charge in [0.2, 0.25) is 0 Å². The van der Waals surface area contributed by atoms with Crippen molar-refractivity contribution in [2.45, 2.75) is 50.7 Å². The van der Waals surface area contributed by atoms with Crippen molar-refractivity contribution in [2.24, 2.45) is 5.92 Å². The van der Waals surface area contributed by atoms with Crippen LogP contribution in [0.3, 0.4) is 0 Å². The van der Waals surface area contributed by atoms with Crippen molar-refractivity contribution >= 4 is 0 Å². The lowest BCUT2D eigenvalue weighted by Crippen LogP contribution is -2.26. The normalized spacial score (nSPS) is 22.8. The largest absolute Gasteiger partial charge is 0.393 e. The van der Waals surface area contributed by atoms with Crippen LogP contribution >= 0.6 is 0 Å². The summed E-state index contributed by atoms with van der Waals surface area (Å²) in [6.07, 6.45) is 13.7. The number of hydrogen-bond acceptors (Lipinski definition) is 4. The van der Waals surface area contributed by atoms with E-state index in [9.17, 15) is 5.11 Å². The monoisotopic (exact) mass is 284 g/mol. The Bertz CT molecular complexity index is 633. The lowest BCUT2D eigenvalue weighted by atomic mass is 9.83. The van der Waals surface area contributed by atoms with Gasteiger partial charge < -0.3 is 9.67 Å². The Kier molecular flexibility index (Phi) is 3.22. The lowest BCUT2D eigenvalue weighted by molar-refractivity contribution is 0.0683. The van der Waals surface area contributed by atoms with Crippen LogP contribution in [0.25, 0.3) is 11.3 Å². The van der Waals surface area contributed by atoms with Gasteiger partial charge in [-0.2, -0.15) is 0 Å². The minimum Gasteiger partial charge on any atom is -0.393 e. The predicted molar refractivity (Wildman–Crippen MR) is 78.6 cm³/mol. The molecule has 2 aliphatic rings. The number of imidazole rings is 1. The summed E-state index contributed by atoms with van der Waals surface area (Å²) in [5.74, 6) is 0.441. The van der Waals surface area contributed by atoms with Gasteiger partial charge in [-0.1, -0.05) is 19.3 Å². The SMILES string of the molecule is O[C@@H](C[C@@H]1c2ncncc2-c2cncn21)C1CCCCC1. The summed E-state index contributed by atoms with van der Waals surface area (Å²) >= 11 is 0. The second-order valence-corrected chi connectivity index (χ2v) is 6.22. The van der Waals surface area contributed by atoms with E-state index in [1.54, 1.807) is 6.33 Å². The quantitative estimate of drug-likeness (QED) is 0.941. The van der Waals surface area contributed by atoms with Gasteiger partial charge in [-0.25, -0.2) is 15.0 Å². The van der Waals surface area contributed by atoms with Gasteiger partial charge in [0.1, 0.15) is 6.33 Å². The van der Waals surface area contributed by atoms with Crippen LogP contribution < -0.4 is 0 Å². The highest BCUT2D eigenvalue weighted by Gasteiger charge is 2.33. The minimum atomic E-state index is -0.258. The average Bonchev–Trinajstić information content (AvgIpc) is 3.11. The molecule has 0 saturated heterocycles. The van der Waals surface area contributed by atoms with Crippen LogP contribution in [-0.2, 0) is 0 Å². The van der Waals surface area contributed by atoms with Crippen molar-refractivity contribution in [3.8, 4) is 11.3 Å². The number of aliphatic hydroxyl groups is 1. The van der Waals surface area contributed by atoms with E-state index in [1.165, 1.54) is 19.3 Å². The molecule has 1 N–H and O–H groups in total. The lowest BCUT2D eigenvalue weighted by Gasteiger charge is -2.28. The van der Waals surface area contributed by atoms with E-state index in [4.69, 9.17) is 0 Å². The molecule has 1 saturated carbocycles. The molecule has 1 aliphatic heterocycles. The smallest absolute Gasteiger partial charge is 0.115 e. The number of aliphatic hydroxyl groups excluding tert-OH is 1. The third kappa shape index (κ3) is 2.16. The Morgan fingerprint density at radius 1 is 1.19 bits per heavy atom. The molecular formula is C16H20N4O. The topological polar surface area (TPSA) is 63.8 Å². The number of fused-ring (bicyclic) bond motifs is 3. The van der Waals surface area contributed by atoms with Gasteiger partial charge in [0.25, 0.3) is 0 Å². The summed E-state index contributed by atoms with van der Waals surface area (Å²) in [5.41, 5.74) is 3.14. The number of nitrogens with zero attached hydrogens (tertiary/aromatic N) is 4. The maximum atomic E-state index is 10.6. The number of rotatable bonds is 3. The highest BCUT2D eigenvalue weighted by atomic mass is 16.3. The molecule has 3 heterocycles. The molecule has 0 amide bonds. The number of hydrogen-bond donors (Lipinski definition) is 1. The van der Waals surface area contributed by atoms with E-state index in [0.717, 1.165) is 36.2 Å². The van der Waals surface area contributed by atoms with Crippen LogP contribution in [0.1, 0.15) is 50.3 Å². The van der Waals surface area contributed by atoms with Gasteiger partial charge in [0.15, 0.2) is 0 Å². The summed E-state index contributed by atoms with van der Waals surface area (Å²) < 4.78 is 2.13. The van der Waals surface area contributed by atoms with E-state index in [2.05, 4.69) is 19.5 Å². The maximum absolute atomic E-state index is 10.6. The van der Waals surface area contributed by atoms with E-state index < -0.39 is 0 Å². The molecular weight excluding hydrogens is 264 g/mol. The van der Waals surface area contributed by atoms with E-state index >= 15 is 0 Å².